The molecular formula is C60H111NO5. The van der Waals surface area contributed by atoms with Gasteiger partial charge in [0.2, 0.25) is 5.91 Å². The number of unbranched alkanes of at least 4 members (excludes halogenated alkanes) is 37. The maximum Gasteiger partial charge on any atom is 0.305 e. The fourth-order valence-corrected chi connectivity index (χ4v) is 8.62. The van der Waals surface area contributed by atoms with Gasteiger partial charge in [-0.05, 0) is 89.9 Å². The molecule has 386 valence electrons. The van der Waals surface area contributed by atoms with E-state index in [0.717, 1.165) is 77.0 Å². The Morgan fingerprint density at radius 1 is 0.424 bits per heavy atom. The minimum Gasteiger partial charge on any atom is -0.466 e. The highest BCUT2D eigenvalue weighted by Crippen LogP contribution is 2.16. The third-order valence-corrected chi connectivity index (χ3v) is 13.1. The maximum absolute atomic E-state index is 12.4. The van der Waals surface area contributed by atoms with Crippen molar-refractivity contribution in [2.24, 2.45) is 0 Å². The van der Waals surface area contributed by atoms with E-state index in [4.69, 9.17) is 4.74 Å². The van der Waals surface area contributed by atoms with Crippen molar-refractivity contribution in [2.75, 3.05) is 13.2 Å². The van der Waals surface area contributed by atoms with Crippen molar-refractivity contribution in [1.82, 2.24) is 5.32 Å². The van der Waals surface area contributed by atoms with Crippen molar-refractivity contribution >= 4 is 11.9 Å². The lowest BCUT2D eigenvalue weighted by Gasteiger charge is -2.20. The third-order valence-electron chi connectivity index (χ3n) is 13.1. The van der Waals surface area contributed by atoms with E-state index in [1.54, 1.807) is 6.08 Å². The molecule has 6 nitrogen and oxygen atoms in total. The fraction of sp³-hybridized carbons (Fsp3) is 0.833. The summed E-state index contributed by atoms with van der Waals surface area (Å²) in [5, 5.41) is 23.1. The van der Waals surface area contributed by atoms with E-state index in [0.29, 0.717) is 19.4 Å². The highest BCUT2D eigenvalue weighted by Gasteiger charge is 2.18. The van der Waals surface area contributed by atoms with Gasteiger partial charge in [-0.3, -0.25) is 9.59 Å². The molecule has 0 saturated heterocycles. The van der Waals surface area contributed by atoms with Crippen molar-refractivity contribution < 1.29 is 24.5 Å². The Morgan fingerprint density at radius 3 is 1.17 bits per heavy atom. The van der Waals surface area contributed by atoms with Gasteiger partial charge in [0.25, 0.3) is 0 Å². The molecule has 0 aliphatic carbocycles. The molecule has 0 aromatic heterocycles. The largest absolute Gasteiger partial charge is 0.466 e. The molecular weight excluding hydrogens is 815 g/mol. The van der Waals surface area contributed by atoms with Crippen LogP contribution in [-0.4, -0.2) is 47.4 Å². The van der Waals surface area contributed by atoms with Crippen LogP contribution < -0.4 is 5.32 Å². The first-order valence-corrected chi connectivity index (χ1v) is 28.9. The first-order valence-electron chi connectivity index (χ1n) is 28.9. The standard InChI is InChI=1S/C60H111NO5/c1-3-5-7-9-11-13-15-17-24-28-32-36-40-44-48-52-58(63)57(56-62)61-59(64)53-49-45-41-37-33-29-26-22-20-19-21-23-27-31-35-39-43-47-51-55-66-60(65)54-50-46-42-38-34-30-25-18-16-14-12-10-8-6-4-2/h18,23,25,27,31,35,48,52,57-58,62-63H,3-17,19-22,24,26,28-30,32-34,36-47,49-51,53-56H2,1-2H3,(H,61,64)/b25-18-,27-23-,35-31-,52-48+. The van der Waals surface area contributed by atoms with Crippen LogP contribution in [-0.2, 0) is 14.3 Å². The SMILES string of the molecule is CCCCCCCC/C=C\CCCCCCCC(=O)OCCCCC/C=C\C=C/CCCCCCCCCCCCC(=O)NC(CO)C(O)/C=C/CCCCCCCCCCCCCCC. The minimum absolute atomic E-state index is 0.0225. The molecule has 0 aliphatic heterocycles. The first kappa shape index (κ1) is 63.8. The molecule has 0 saturated carbocycles. The van der Waals surface area contributed by atoms with Crippen LogP contribution in [0.2, 0.25) is 0 Å². The molecule has 2 unspecified atom stereocenters. The molecule has 66 heavy (non-hydrogen) atoms. The van der Waals surface area contributed by atoms with Crippen molar-refractivity contribution in [3.05, 3.63) is 48.6 Å². The molecule has 0 heterocycles. The number of carbonyl (C=O) groups excluding carboxylic acids is 2. The molecule has 0 fully saturated rings. The van der Waals surface area contributed by atoms with E-state index in [1.165, 1.54) is 193 Å². The molecule has 6 heteroatoms. The van der Waals surface area contributed by atoms with Gasteiger partial charge in [0.15, 0.2) is 0 Å². The van der Waals surface area contributed by atoms with Crippen LogP contribution in [0, 0.1) is 0 Å². The van der Waals surface area contributed by atoms with E-state index < -0.39 is 12.1 Å². The van der Waals surface area contributed by atoms with Crippen LogP contribution >= 0.6 is 0 Å². The highest BCUT2D eigenvalue weighted by molar-refractivity contribution is 5.76. The minimum atomic E-state index is -0.852. The molecule has 0 aliphatic rings. The molecule has 1 amide bonds. The normalized spacial score (nSPS) is 13.0. The van der Waals surface area contributed by atoms with Gasteiger partial charge in [-0.1, -0.05) is 242 Å². The zero-order valence-electron chi connectivity index (χ0n) is 43.9. The van der Waals surface area contributed by atoms with Crippen molar-refractivity contribution in [1.29, 1.82) is 0 Å². The number of allylic oxidation sites excluding steroid dienone is 7. The van der Waals surface area contributed by atoms with Crippen LogP contribution in [0.5, 0.6) is 0 Å². The zero-order chi connectivity index (χ0) is 47.9. The van der Waals surface area contributed by atoms with E-state index in [9.17, 15) is 19.8 Å². The summed E-state index contributed by atoms with van der Waals surface area (Å²) < 4.78 is 5.45. The van der Waals surface area contributed by atoms with Crippen LogP contribution in [0.3, 0.4) is 0 Å². The van der Waals surface area contributed by atoms with Gasteiger partial charge in [-0.2, -0.15) is 0 Å². The summed E-state index contributed by atoms with van der Waals surface area (Å²) in [4.78, 5) is 24.5. The summed E-state index contributed by atoms with van der Waals surface area (Å²) >= 11 is 0. The number of aliphatic hydroxyl groups excluding tert-OH is 2. The highest BCUT2D eigenvalue weighted by atomic mass is 16.5. The Labute approximate surface area is 410 Å². The van der Waals surface area contributed by atoms with Gasteiger partial charge in [-0.15, -0.1) is 0 Å². The van der Waals surface area contributed by atoms with E-state index in [1.807, 2.05) is 6.08 Å². The van der Waals surface area contributed by atoms with E-state index >= 15 is 0 Å². The third kappa shape index (κ3) is 51.2. The number of esters is 1. The molecule has 0 rings (SSSR count). The molecule has 0 radical (unpaired) electrons. The Bertz CT molecular complexity index is 1110. The Hall–Kier alpha value is -2.18. The molecule has 0 aromatic carbocycles. The van der Waals surface area contributed by atoms with Gasteiger partial charge in [-0.25, -0.2) is 0 Å². The Balaban J connectivity index is 3.51. The lowest BCUT2D eigenvalue weighted by molar-refractivity contribution is -0.143. The monoisotopic (exact) mass is 926 g/mol. The number of hydrogen-bond donors (Lipinski definition) is 3. The maximum atomic E-state index is 12.4. The first-order chi connectivity index (χ1) is 32.5. The second-order valence-electron chi connectivity index (χ2n) is 19.6. The average molecular weight is 927 g/mol. The summed E-state index contributed by atoms with van der Waals surface area (Å²) in [5.41, 5.74) is 0. The van der Waals surface area contributed by atoms with Crippen LogP contribution in [0.25, 0.3) is 0 Å². The number of carbonyl (C=O) groups is 2. The van der Waals surface area contributed by atoms with Crippen molar-refractivity contribution in [3.8, 4) is 0 Å². The zero-order valence-corrected chi connectivity index (χ0v) is 43.9. The van der Waals surface area contributed by atoms with Crippen molar-refractivity contribution in [2.45, 2.75) is 309 Å². The van der Waals surface area contributed by atoms with Crippen LogP contribution in [0.15, 0.2) is 48.6 Å². The van der Waals surface area contributed by atoms with Crippen molar-refractivity contribution in [3.63, 3.8) is 0 Å². The second-order valence-corrected chi connectivity index (χ2v) is 19.6. The summed E-state index contributed by atoms with van der Waals surface area (Å²) in [6.07, 6.45) is 69.9. The number of rotatable bonds is 53. The number of nitrogens with one attached hydrogen (secondary N) is 1. The molecule has 0 bridgehead atoms. The number of aliphatic hydroxyl groups is 2. The number of ether oxygens (including phenoxy) is 1. The number of hydrogen-bond acceptors (Lipinski definition) is 5. The lowest BCUT2D eigenvalue weighted by atomic mass is 10.0. The predicted octanol–water partition coefficient (Wildman–Crippen LogP) is 17.8. The van der Waals surface area contributed by atoms with Gasteiger partial charge >= 0.3 is 5.97 Å². The topological polar surface area (TPSA) is 95.9 Å². The fourth-order valence-electron chi connectivity index (χ4n) is 8.62. The van der Waals surface area contributed by atoms with Gasteiger partial charge in [0.05, 0.1) is 25.4 Å². The van der Waals surface area contributed by atoms with Crippen LogP contribution in [0.4, 0.5) is 0 Å². The number of amides is 1. The Morgan fingerprint density at radius 2 is 0.758 bits per heavy atom. The molecule has 2 atom stereocenters. The van der Waals surface area contributed by atoms with Gasteiger partial charge < -0.3 is 20.3 Å². The summed E-state index contributed by atoms with van der Waals surface area (Å²) in [6.45, 7) is 4.85. The lowest BCUT2D eigenvalue weighted by Crippen LogP contribution is -2.45. The average Bonchev–Trinajstić information content (AvgIpc) is 3.32. The summed E-state index contributed by atoms with van der Waals surface area (Å²) in [7, 11) is 0. The van der Waals surface area contributed by atoms with E-state index in [2.05, 4.69) is 55.6 Å². The second kappa shape index (κ2) is 55.4. The predicted molar refractivity (Wildman–Crippen MR) is 287 cm³/mol. The van der Waals surface area contributed by atoms with Gasteiger partial charge in [0, 0.05) is 12.8 Å². The van der Waals surface area contributed by atoms with Crippen LogP contribution in [0.1, 0.15) is 296 Å². The van der Waals surface area contributed by atoms with E-state index in [-0.39, 0.29) is 18.5 Å². The Kier molecular flexibility index (Phi) is 53.6. The quantitative estimate of drug-likeness (QED) is 0.0244. The smallest absolute Gasteiger partial charge is 0.305 e. The summed E-state index contributed by atoms with van der Waals surface area (Å²) in [6, 6.07) is -0.636. The molecule has 0 spiro atoms. The molecule has 0 aromatic rings. The van der Waals surface area contributed by atoms with Gasteiger partial charge in [0.1, 0.15) is 0 Å². The molecule has 3 N–H and O–H groups in total. The summed E-state index contributed by atoms with van der Waals surface area (Å²) in [5.74, 6) is -0.101.